The third-order valence-electron chi connectivity index (χ3n) is 4.68. The van der Waals surface area contributed by atoms with Crippen molar-refractivity contribution in [2.24, 2.45) is 13.0 Å². The highest BCUT2D eigenvalue weighted by molar-refractivity contribution is 6.00. The lowest BCUT2D eigenvalue weighted by molar-refractivity contribution is -0.135. The molecule has 2 aromatic rings. The lowest BCUT2D eigenvalue weighted by Gasteiger charge is -2.21. The van der Waals surface area contributed by atoms with E-state index in [1.54, 1.807) is 27.7 Å². The molecular weight excluding hydrogens is 316 g/mol. The molecule has 6 nitrogen and oxygen atoms in total. The van der Waals surface area contributed by atoms with Gasteiger partial charge in [-0.05, 0) is 24.1 Å². The molecule has 25 heavy (non-hydrogen) atoms. The highest BCUT2D eigenvalue weighted by atomic mass is 16.2. The Kier molecular flexibility index (Phi) is 4.88. The SMILES string of the molecule is CCc1ccc(N2CC(C(=O)N(C)Cc3cnn(C)c3)CC2=O)cc1. The molecule has 1 fully saturated rings. The van der Waals surface area contributed by atoms with Gasteiger partial charge in [0.05, 0.1) is 12.1 Å². The fourth-order valence-electron chi connectivity index (χ4n) is 3.25. The normalized spacial score (nSPS) is 17.2. The van der Waals surface area contributed by atoms with Crippen molar-refractivity contribution in [1.29, 1.82) is 0 Å². The van der Waals surface area contributed by atoms with Crippen LogP contribution in [0.25, 0.3) is 0 Å². The molecule has 0 aliphatic carbocycles. The van der Waals surface area contributed by atoms with Crippen LogP contribution < -0.4 is 4.90 Å². The first kappa shape index (κ1) is 17.2. The number of rotatable bonds is 5. The van der Waals surface area contributed by atoms with Gasteiger partial charge in [-0.15, -0.1) is 0 Å². The van der Waals surface area contributed by atoms with Gasteiger partial charge < -0.3 is 9.80 Å². The lowest BCUT2D eigenvalue weighted by atomic mass is 10.1. The zero-order chi connectivity index (χ0) is 18.0. The monoisotopic (exact) mass is 340 g/mol. The van der Waals surface area contributed by atoms with Gasteiger partial charge in [-0.2, -0.15) is 5.10 Å². The van der Waals surface area contributed by atoms with E-state index in [-0.39, 0.29) is 24.2 Å². The molecule has 1 atom stereocenters. The molecule has 0 N–H and O–H groups in total. The molecule has 2 heterocycles. The summed E-state index contributed by atoms with van der Waals surface area (Å²) in [5.41, 5.74) is 3.08. The maximum Gasteiger partial charge on any atom is 0.228 e. The van der Waals surface area contributed by atoms with Gasteiger partial charge in [-0.25, -0.2) is 0 Å². The highest BCUT2D eigenvalue weighted by Gasteiger charge is 2.36. The van der Waals surface area contributed by atoms with Gasteiger partial charge in [0.1, 0.15) is 0 Å². The standard InChI is InChI=1S/C19H24N4O2/c1-4-14-5-7-17(8-6-14)23-13-16(9-18(23)24)19(25)21(2)11-15-10-20-22(3)12-15/h5-8,10,12,16H,4,9,11,13H2,1-3H3. The molecule has 132 valence electrons. The predicted molar refractivity (Wildman–Crippen MR) is 96.0 cm³/mol. The van der Waals surface area contributed by atoms with Gasteiger partial charge in [0.2, 0.25) is 11.8 Å². The highest BCUT2D eigenvalue weighted by Crippen LogP contribution is 2.26. The predicted octanol–water partition coefficient (Wildman–Crippen LogP) is 1.99. The number of hydrogen-bond acceptors (Lipinski definition) is 3. The summed E-state index contributed by atoms with van der Waals surface area (Å²) < 4.78 is 1.72. The minimum Gasteiger partial charge on any atom is -0.341 e. The number of benzene rings is 1. The van der Waals surface area contributed by atoms with Crippen molar-refractivity contribution < 1.29 is 9.59 Å². The fourth-order valence-corrected chi connectivity index (χ4v) is 3.25. The van der Waals surface area contributed by atoms with E-state index in [2.05, 4.69) is 12.0 Å². The van der Waals surface area contributed by atoms with E-state index in [4.69, 9.17) is 0 Å². The van der Waals surface area contributed by atoms with E-state index >= 15 is 0 Å². The molecule has 0 bridgehead atoms. The number of hydrogen-bond donors (Lipinski definition) is 0. The smallest absolute Gasteiger partial charge is 0.228 e. The van der Waals surface area contributed by atoms with Gasteiger partial charge in [0.15, 0.2) is 0 Å². The van der Waals surface area contributed by atoms with E-state index in [1.807, 2.05) is 37.5 Å². The maximum atomic E-state index is 12.7. The summed E-state index contributed by atoms with van der Waals surface area (Å²) in [7, 11) is 3.63. The Bertz CT molecular complexity index is 766. The van der Waals surface area contributed by atoms with E-state index in [0.29, 0.717) is 13.1 Å². The molecule has 1 saturated heterocycles. The molecule has 1 aromatic heterocycles. The molecular formula is C19H24N4O2. The topological polar surface area (TPSA) is 58.4 Å². The van der Waals surface area contributed by atoms with Crippen LogP contribution in [0.15, 0.2) is 36.7 Å². The average Bonchev–Trinajstić information content (AvgIpc) is 3.20. The van der Waals surface area contributed by atoms with Crippen LogP contribution in [-0.2, 0) is 29.6 Å². The first-order valence-corrected chi connectivity index (χ1v) is 8.59. The molecule has 2 amide bonds. The summed E-state index contributed by atoms with van der Waals surface area (Å²) in [5, 5.41) is 4.12. The Hall–Kier alpha value is -2.63. The molecule has 0 radical (unpaired) electrons. The van der Waals surface area contributed by atoms with Crippen LogP contribution in [0.3, 0.4) is 0 Å². The number of anilines is 1. The first-order chi connectivity index (χ1) is 12.0. The molecule has 6 heteroatoms. The number of aryl methyl sites for hydroxylation is 2. The summed E-state index contributed by atoms with van der Waals surface area (Å²) in [4.78, 5) is 28.5. The number of carbonyl (C=O) groups excluding carboxylic acids is 2. The minimum absolute atomic E-state index is 0.00452. The van der Waals surface area contributed by atoms with Crippen molar-refractivity contribution in [3.63, 3.8) is 0 Å². The summed E-state index contributed by atoms with van der Waals surface area (Å²) in [5.74, 6) is -0.276. The first-order valence-electron chi connectivity index (χ1n) is 8.59. The molecule has 3 rings (SSSR count). The van der Waals surface area contributed by atoms with Crippen molar-refractivity contribution in [3.8, 4) is 0 Å². The third kappa shape index (κ3) is 3.73. The zero-order valence-electron chi connectivity index (χ0n) is 15.0. The second-order valence-electron chi connectivity index (χ2n) is 6.64. The van der Waals surface area contributed by atoms with Crippen molar-refractivity contribution in [2.45, 2.75) is 26.3 Å². The number of carbonyl (C=O) groups is 2. The number of amides is 2. The number of aromatic nitrogens is 2. The third-order valence-corrected chi connectivity index (χ3v) is 4.68. The van der Waals surface area contributed by atoms with Crippen LogP contribution in [0.1, 0.15) is 24.5 Å². The zero-order valence-corrected chi connectivity index (χ0v) is 15.0. The molecule has 1 unspecified atom stereocenters. The Morgan fingerprint density at radius 1 is 1.28 bits per heavy atom. The van der Waals surface area contributed by atoms with E-state index in [1.165, 1.54) is 5.56 Å². The van der Waals surface area contributed by atoms with Crippen LogP contribution in [-0.4, -0.2) is 40.1 Å². The molecule has 1 aliphatic heterocycles. The van der Waals surface area contributed by atoms with Crippen molar-refractivity contribution >= 4 is 17.5 Å². The molecule has 0 saturated carbocycles. The summed E-state index contributed by atoms with van der Waals surface area (Å²) in [6.45, 7) is 3.05. The second-order valence-corrected chi connectivity index (χ2v) is 6.64. The van der Waals surface area contributed by atoms with Gasteiger partial charge in [0, 0.05) is 51.1 Å². The van der Waals surface area contributed by atoms with E-state index in [0.717, 1.165) is 17.7 Å². The van der Waals surface area contributed by atoms with Gasteiger partial charge in [-0.1, -0.05) is 19.1 Å². The average molecular weight is 340 g/mol. The second kappa shape index (κ2) is 7.09. The van der Waals surface area contributed by atoms with Crippen molar-refractivity contribution in [2.75, 3.05) is 18.5 Å². The largest absolute Gasteiger partial charge is 0.341 e. The lowest BCUT2D eigenvalue weighted by Crippen LogP contribution is -2.34. The van der Waals surface area contributed by atoms with Gasteiger partial charge in [0.25, 0.3) is 0 Å². The Morgan fingerprint density at radius 2 is 2.00 bits per heavy atom. The summed E-state index contributed by atoms with van der Waals surface area (Å²) in [6.07, 6.45) is 4.89. The van der Waals surface area contributed by atoms with Crippen LogP contribution in [0.5, 0.6) is 0 Å². The quantitative estimate of drug-likeness (QED) is 0.836. The Labute approximate surface area is 148 Å². The van der Waals surface area contributed by atoms with Crippen LogP contribution in [0.4, 0.5) is 5.69 Å². The fraction of sp³-hybridized carbons (Fsp3) is 0.421. The van der Waals surface area contributed by atoms with Crippen LogP contribution >= 0.6 is 0 Å². The Balaban J connectivity index is 1.65. The molecule has 1 aliphatic rings. The Morgan fingerprint density at radius 3 is 2.60 bits per heavy atom. The minimum atomic E-state index is -0.292. The molecule has 1 aromatic carbocycles. The maximum absolute atomic E-state index is 12.7. The summed E-state index contributed by atoms with van der Waals surface area (Å²) >= 11 is 0. The van der Waals surface area contributed by atoms with Crippen LogP contribution in [0.2, 0.25) is 0 Å². The number of nitrogens with zero attached hydrogens (tertiary/aromatic N) is 4. The van der Waals surface area contributed by atoms with E-state index in [9.17, 15) is 9.59 Å². The van der Waals surface area contributed by atoms with Gasteiger partial charge >= 0.3 is 0 Å². The van der Waals surface area contributed by atoms with Crippen molar-refractivity contribution in [3.05, 3.63) is 47.8 Å². The summed E-state index contributed by atoms with van der Waals surface area (Å²) in [6, 6.07) is 7.99. The van der Waals surface area contributed by atoms with Crippen LogP contribution in [0, 0.1) is 5.92 Å². The van der Waals surface area contributed by atoms with E-state index < -0.39 is 0 Å². The van der Waals surface area contributed by atoms with Gasteiger partial charge in [-0.3, -0.25) is 14.3 Å². The molecule has 0 spiro atoms. The van der Waals surface area contributed by atoms with Crippen molar-refractivity contribution in [1.82, 2.24) is 14.7 Å².